The Morgan fingerprint density at radius 2 is 2.04 bits per heavy atom. The second-order valence-corrected chi connectivity index (χ2v) is 7.38. The smallest absolute Gasteiger partial charge is 0.407 e. The number of rotatable bonds is 4. The Morgan fingerprint density at radius 3 is 2.63 bits per heavy atom. The molecule has 2 rings (SSSR count). The number of piperidine rings is 1. The summed E-state index contributed by atoms with van der Waals surface area (Å²) in [6.45, 7) is 6.49. The van der Waals surface area contributed by atoms with Gasteiger partial charge < -0.3 is 19.7 Å². The highest BCUT2D eigenvalue weighted by Crippen LogP contribution is 2.28. The van der Waals surface area contributed by atoms with Gasteiger partial charge in [-0.15, -0.1) is 0 Å². The van der Waals surface area contributed by atoms with Crippen LogP contribution in [0.5, 0.6) is 0 Å². The number of non-ortho nitro benzene ring substituents is 1. The summed E-state index contributed by atoms with van der Waals surface area (Å²) in [4.78, 5) is 36.5. The van der Waals surface area contributed by atoms with Crippen LogP contribution in [0.15, 0.2) is 18.2 Å². The fourth-order valence-electron chi connectivity index (χ4n) is 2.97. The summed E-state index contributed by atoms with van der Waals surface area (Å²) in [6, 6.07) is 3.95. The highest BCUT2D eigenvalue weighted by atomic mass is 16.6. The summed E-state index contributed by atoms with van der Waals surface area (Å²) in [5, 5.41) is 13.9. The third kappa shape index (κ3) is 5.57. The first kappa shape index (κ1) is 20.5. The first-order valence-corrected chi connectivity index (χ1v) is 8.72. The van der Waals surface area contributed by atoms with Crippen LogP contribution in [0.1, 0.15) is 44.0 Å². The molecular formula is C18H25N3O6. The van der Waals surface area contributed by atoms with Crippen molar-refractivity contribution >= 4 is 23.4 Å². The molecule has 1 aliphatic heterocycles. The van der Waals surface area contributed by atoms with Gasteiger partial charge in [0.2, 0.25) is 0 Å². The SMILES string of the molecule is COC(=O)c1cc([N+](=O)[O-])ccc1N1CCC[C@H](NC(=O)OC(C)(C)C)C1. The van der Waals surface area contributed by atoms with Crippen molar-refractivity contribution < 1.29 is 24.0 Å². The third-order valence-corrected chi connectivity index (χ3v) is 4.08. The summed E-state index contributed by atoms with van der Waals surface area (Å²) < 4.78 is 10.1. The molecule has 1 atom stereocenters. The molecule has 0 aromatic heterocycles. The number of hydrogen-bond acceptors (Lipinski definition) is 7. The molecule has 1 aliphatic rings. The van der Waals surface area contributed by atoms with Crippen molar-refractivity contribution in [3.8, 4) is 0 Å². The number of anilines is 1. The van der Waals surface area contributed by atoms with Crippen molar-refractivity contribution in [2.24, 2.45) is 0 Å². The molecule has 1 saturated heterocycles. The molecule has 1 aromatic carbocycles. The number of carbonyl (C=O) groups excluding carboxylic acids is 2. The molecule has 1 heterocycles. The van der Waals surface area contributed by atoms with Gasteiger partial charge in [-0.2, -0.15) is 0 Å². The molecule has 9 heteroatoms. The number of esters is 1. The maximum atomic E-state index is 12.1. The Kier molecular flexibility index (Phi) is 6.24. The van der Waals surface area contributed by atoms with E-state index in [1.54, 1.807) is 26.8 Å². The number of benzene rings is 1. The zero-order valence-corrected chi connectivity index (χ0v) is 16.0. The molecular weight excluding hydrogens is 354 g/mol. The Hall–Kier alpha value is -2.84. The predicted octanol–water partition coefficient (Wildman–Crippen LogP) is 2.87. The third-order valence-electron chi connectivity index (χ3n) is 4.08. The van der Waals surface area contributed by atoms with Crippen LogP contribution in [-0.2, 0) is 9.47 Å². The Balaban J connectivity index is 2.18. The van der Waals surface area contributed by atoms with Gasteiger partial charge in [0.1, 0.15) is 5.60 Å². The number of nitro benzene ring substituents is 1. The summed E-state index contributed by atoms with van der Waals surface area (Å²) in [6.07, 6.45) is 1.07. The van der Waals surface area contributed by atoms with Crippen LogP contribution in [0.25, 0.3) is 0 Å². The van der Waals surface area contributed by atoms with E-state index in [9.17, 15) is 19.7 Å². The van der Waals surface area contributed by atoms with Gasteiger partial charge in [0.15, 0.2) is 0 Å². The molecule has 0 unspecified atom stereocenters. The number of amides is 1. The molecule has 1 N–H and O–H groups in total. The van der Waals surface area contributed by atoms with Crippen LogP contribution in [0, 0.1) is 10.1 Å². The molecule has 0 spiro atoms. The second kappa shape index (κ2) is 8.24. The first-order valence-electron chi connectivity index (χ1n) is 8.72. The van der Waals surface area contributed by atoms with Crippen LogP contribution in [0.4, 0.5) is 16.2 Å². The molecule has 0 radical (unpaired) electrons. The number of nitro groups is 1. The van der Waals surface area contributed by atoms with Gasteiger partial charge >= 0.3 is 12.1 Å². The Bertz CT molecular complexity index is 728. The first-order chi connectivity index (χ1) is 12.6. The van der Waals surface area contributed by atoms with Crippen LogP contribution < -0.4 is 10.2 Å². The van der Waals surface area contributed by atoms with Gasteiger partial charge in [-0.3, -0.25) is 10.1 Å². The minimum absolute atomic E-state index is 0.129. The van der Waals surface area contributed by atoms with Crippen LogP contribution >= 0.6 is 0 Å². The van der Waals surface area contributed by atoms with Crippen molar-refractivity contribution in [2.75, 3.05) is 25.1 Å². The zero-order chi connectivity index (χ0) is 20.2. The summed E-state index contributed by atoms with van der Waals surface area (Å²) in [5.41, 5.74) is -0.0955. The standard InChI is InChI=1S/C18H25N3O6/c1-18(2,3)27-17(23)19-12-6-5-9-20(11-12)15-8-7-13(21(24)25)10-14(15)16(22)26-4/h7-8,10,12H,5-6,9,11H2,1-4H3,(H,19,23)/t12-/m0/s1. The normalized spacial score (nSPS) is 17.2. The van der Waals surface area contributed by atoms with Crippen LogP contribution in [0.3, 0.4) is 0 Å². The van der Waals surface area contributed by atoms with E-state index in [1.165, 1.54) is 19.2 Å². The fourth-order valence-corrected chi connectivity index (χ4v) is 2.97. The maximum Gasteiger partial charge on any atom is 0.407 e. The zero-order valence-electron chi connectivity index (χ0n) is 16.0. The van der Waals surface area contributed by atoms with Crippen LogP contribution in [-0.4, -0.2) is 48.8 Å². The summed E-state index contributed by atoms with van der Waals surface area (Å²) in [7, 11) is 1.23. The van der Waals surface area contributed by atoms with Gasteiger partial charge in [0.25, 0.3) is 5.69 Å². The minimum Gasteiger partial charge on any atom is -0.465 e. The lowest BCUT2D eigenvalue weighted by atomic mass is 10.0. The lowest BCUT2D eigenvalue weighted by Gasteiger charge is -2.35. The highest BCUT2D eigenvalue weighted by molar-refractivity contribution is 5.96. The van der Waals surface area contributed by atoms with E-state index in [1.807, 2.05) is 4.90 Å². The molecule has 27 heavy (non-hydrogen) atoms. The monoisotopic (exact) mass is 379 g/mol. The Morgan fingerprint density at radius 1 is 1.33 bits per heavy atom. The van der Waals surface area contributed by atoms with Crippen molar-refractivity contribution in [1.82, 2.24) is 5.32 Å². The molecule has 1 fully saturated rings. The lowest BCUT2D eigenvalue weighted by Crippen LogP contribution is -2.49. The van der Waals surface area contributed by atoms with E-state index in [0.29, 0.717) is 18.8 Å². The van der Waals surface area contributed by atoms with Gasteiger partial charge in [-0.25, -0.2) is 9.59 Å². The maximum absolute atomic E-state index is 12.1. The van der Waals surface area contributed by atoms with Crippen molar-refractivity contribution in [2.45, 2.75) is 45.3 Å². The largest absolute Gasteiger partial charge is 0.465 e. The number of ether oxygens (including phenoxy) is 2. The number of methoxy groups -OCH3 is 1. The van der Waals surface area contributed by atoms with Gasteiger partial charge in [-0.05, 0) is 39.7 Å². The quantitative estimate of drug-likeness (QED) is 0.486. The Labute approximate surface area is 157 Å². The summed E-state index contributed by atoms with van der Waals surface area (Å²) >= 11 is 0. The number of nitrogens with zero attached hydrogens (tertiary/aromatic N) is 2. The molecule has 0 saturated carbocycles. The fraction of sp³-hybridized carbons (Fsp3) is 0.556. The van der Waals surface area contributed by atoms with Gasteiger partial charge in [-0.1, -0.05) is 0 Å². The van der Waals surface area contributed by atoms with Gasteiger partial charge in [0, 0.05) is 31.3 Å². The number of carbonyl (C=O) groups is 2. The van der Waals surface area contributed by atoms with Gasteiger partial charge in [0.05, 0.1) is 23.3 Å². The summed E-state index contributed by atoms with van der Waals surface area (Å²) in [5.74, 6) is -0.643. The average Bonchev–Trinajstić information content (AvgIpc) is 2.59. The minimum atomic E-state index is -0.643. The number of nitrogens with one attached hydrogen (secondary N) is 1. The van der Waals surface area contributed by atoms with E-state index in [0.717, 1.165) is 12.8 Å². The van der Waals surface area contributed by atoms with Crippen molar-refractivity contribution in [3.05, 3.63) is 33.9 Å². The second-order valence-electron chi connectivity index (χ2n) is 7.38. The van der Waals surface area contributed by atoms with E-state index in [2.05, 4.69) is 5.32 Å². The van der Waals surface area contributed by atoms with Crippen LogP contribution in [0.2, 0.25) is 0 Å². The van der Waals surface area contributed by atoms with Crippen molar-refractivity contribution in [3.63, 3.8) is 0 Å². The average molecular weight is 379 g/mol. The number of hydrogen-bond donors (Lipinski definition) is 1. The van der Waals surface area contributed by atoms with E-state index >= 15 is 0 Å². The predicted molar refractivity (Wildman–Crippen MR) is 99.0 cm³/mol. The molecule has 148 valence electrons. The molecule has 0 aliphatic carbocycles. The van der Waals surface area contributed by atoms with Crippen molar-refractivity contribution in [1.29, 1.82) is 0 Å². The topological polar surface area (TPSA) is 111 Å². The highest BCUT2D eigenvalue weighted by Gasteiger charge is 2.27. The molecule has 1 amide bonds. The van der Waals surface area contributed by atoms with E-state index in [4.69, 9.17) is 9.47 Å². The van der Waals surface area contributed by atoms with E-state index in [-0.39, 0.29) is 17.3 Å². The molecule has 1 aromatic rings. The molecule has 9 nitrogen and oxygen atoms in total. The molecule has 0 bridgehead atoms. The lowest BCUT2D eigenvalue weighted by molar-refractivity contribution is -0.384. The number of alkyl carbamates (subject to hydrolysis) is 1. The van der Waals surface area contributed by atoms with E-state index < -0.39 is 22.6 Å².